The van der Waals surface area contributed by atoms with Crippen molar-refractivity contribution in [3.8, 4) is 0 Å². The van der Waals surface area contributed by atoms with Crippen LogP contribution in [0, 0.1) is 0 Å². The number of aryl methyl sites for hydroxylation is 2. The zero-order valence-corrected chi connectivity index (χ0v) is 16.4. The highest BCUT2D eigenvalue weighted by Crippen LogP contribution is 2.35. The molecule has 0 bridgehead atoms. The van der Waals surface area contributed by atoms with Crippen LogP contribution < -0.4 is 4.90 Å². The van der Waals surface area contributed by atoms with E-state index in [1.807, 2.05) is 11.9 Å². The van der Waals surface area contributed by atoms with E-state index < -0.39 is 5.97 Å². The number of hydrogen-bond donors (Lipinski definition) is 1. The van der Waals surface area contributed by atoms with Gasteiger partial charge in [-0.1, -0.05) is 48.5 Å². The van der Waals surface area contributed by atoms with Crippen LogP contribution in [0.25, 0.3) is 0 Å². The fourth-order valence-corrected chi connectivity index (χ4v) is 3.93. The van der Waals surface area contributed by atoms with Crippen LogP contribution in [-0.2, 0) is 17.6 Å². The van der Waals surface area contributed by atoms with Gasteiger partial charge in [-0.15, -0.1) is 0 Å². The van der Waals surface area contributed by atoms with E-state index in [4.69, 9.17) is 4.74 Å². The molecule has 0 aliphatic heterocycles. The average Bonchev–Trinajstić information content (AvgIpc) is 2.91. The van der Waals surface area contributed by atoms with Gasteiger partial charge in [0, 0.05) is 19.8 Å². The van der Waals surface area contributed by atoms with Gasteiger partial charge in [-0.3, -0.25) is 0 Å². The Labute approximate surface area is 170 Å². The molecule has 0 saturated carbocycles. The lowest BCUT2D eigenvalue weighted by molar-refractivity contribution is 0.0696. The van der Waals surface area contributed by atoms with Crippen LogP contribution in [0.2, 0.25) is 0 Å². The highest BCUT2D eigenvalue weighted by Gasteiger charge is 2.24. The molecule has 5 heteroatoms. The number of carboxylic acids is 1. The molecular formula is C24H24N2O3. The van der Waals surface area contributed by atoms with Gasteiger partial charge in [0.1, 0.15) is 17.5 Å². The lowest BCUT2D eigenvalue weighted by Crippen LogP contribution is -2.26. The molecule has 1 aliphatic rings. The van der Waals surface area contributed by atoms with Gasteiger partial charge in [0.2, 0.25) is 0 Å². The number of aromatic nitrogens is 1. The number of carbonyl (C=O) groups is 1. The third-order valence-corrected chi connectivity index (χ3v) is 5.43. The summed E-state index contributed by atoms with van der Waals surface area (Å²) in [5.41, 5.74) is 5.26. The van der Waals surface area contributed by atoms with Gasteiger partial charge in [-0.05, 0) is 47.2 Å². The molecule has 0 unspecified atom stereocenters. The summed E-state index contributed by atoms with van der Waals surface area (Å²) in [6.45, 7) is 0.998. The number of rotatable bonds is 6. The number of carboxylic acid groups (broad SMARTS) is 1. The Morgan fingerprint density at radius 2 is 1.66 bits per heavy atom. The van der Waals surface area contributed by atoms with Crippen molar-refractivity contribution >= 4 is 11.8 Å². The first-order valence-electron chi connectivity index (χ1n) is 9.82. The van der Waals surface area contributed by atoms with E-state index in [0.29, 0.717) is 19.0 Å². The number of hydrogen-bond acceptors (Lipinski definition) is 4. The number of fused-ring (bicyclic) bond motifs is 2. The Hall–Kier alpha value is -3.18. The zero-order chi connectivity index (χ0) is 20.2. The maximum absolute atomic E-state index is 11.5. The maximum atomic E-state index is 11.5. The molecular weight excluding hydrogens is 364 g/mol. The van der Waals surface area contributed by atoms with E-state index in [1.54, 1.807) is 18.3 Å². The van der Waals surface area contributed by atoms with Crippen molar-refractivity contribution in [2.75, 3.05) is 25.1 Å². The Kier molecular flexibility index (Phi) is 5.58. The Bertz CT molecular complexity index is 971. The summed E-state index contributed by atoms with van der Waals surface area (Å²) in [5.74, 6) is -0.530. The highest BCUT2D eigenvalue weighted by atomic mass is 16.5. The van der Waals surface area contributed by atoms with E-state index in [9.17, 15) is 9.90 Å². The van der Waals surface area contributed by atoms with Crippen LogP contribution in [0.4, 0.5) is 5.82 Å². The van der Waals surface area contributed by atoms with Crippen LogP contribution in [0.1, 0.15) is 38.7 Å². The fourth-order valence-electron chi connectivity index (χ4n) is 3.93. The molecule has 0 spiro atoms. The molecule has 4 rings (SSSR count). The van der Waals surface area contributed by atoms with Crippen molar-refractivity contribution in [2.45, 2.75) is 18.9 Å². The first-order valence-corrected chi connectivity index (χ1v) is 9.82. The molecule has 5 nitrogen and oxygen atoms in total. The van der Waals surface area contributed by atoms with Crippen LogP contribution in [0.15, 0.2) is 66.9 Å². The van der Waals surface area contributed by atoms with Gasteiger partial charge in [0.15, 0.2) is 0 Å². The van der Waals surface area contributed by atoms with Crippen molar-refractivity contribution < 1.29 is 14.6 Å². The third-order valence-electron chi connectivity index (χ3n) is 5.43. The van der Waals surface area contributed by atoms with E-state index in [2.05, 4.69) is 53.5 Å². The number of nitrogens with zero attached hydrogens (tertiary/aromatic N) is 2. The minimum Gasteiger partial charge on any atom is -0.478 e. The molecule has 0 amide bonds. The minimum atomic E-state index is -0.979. The summed E-state index contributed by atoms with van der Waals surface area (Å²) >= 11 is 0. The van der Waals surface area contributed by atoms with Crippen LogP contribution >= 0.6 is 0 Å². The smallest absolute Gasteiger partial charge is 0.339 e. The standard InChI is InChI=1S/C24H24N2O3/c1-26(23-21(24(27)28)11-6-14-25-23)15-16-29-22-19-9-4-2-7-17(19)12-13-18-8-3-5-10-20(18)22/h2-11,14,22H,12-13,15-16H2,1H3,(H,27,28). The second-order valence-corrected chi connectivity index (χ2v) is 7.25. The Morgan fingerprint density at radius 3 is 2.28 bits per heavy atom. The fraction of sp³-hybridized carbons (Fsp3) is 0.250. The summed E-state index contributed by atoms with van der Waals surface area (Å²) in [6.07, 6.45) is 3.49. The quantitative estimate of drug-likeness (QED) is 0.688. The van der Waals surface area contributed by atoms with Gasteiger partial charge >= 0.3 is 5.97 Å². The van der Waals surface area contributed by atoms with Crippen LogP contribution in [-0.4, -0.2) is 36.3 Å². The van der Waals surface area contributed by atoms with Gasteiger partial charge < -0.3 is 14.7 Å². The molecule has 1 aromatic heterocycles. The maximum Gasteiger partial charge on any atom is 0.339 e. The topological polar surface area (TPSA) is 62.7 Å². The average molecular weight is 388 g/mol. The largest absolute Gasteiger partial charge is 0.478 e. The molecule has 148 valence electrons. The summed E-state index contributed by atoms with van der Waals surface area (Å²) < 4.78 is 6.39. The predicted octanol–water partition coefficient (Wildman–Crippen LogP) is 4.12. The number of anilines is 1. The van der Waals surface area contributed by atoms with E-state index in [1.165, 1.54) is 22.3 Å². The summed E-state index contributed by atoms with van der Waals surface area (Å²) in [7, 11) is 1.84. The molecule has 1 heterocycles. The van der Waals surface area contributed by atoms with Crippen LogP contribution in [0.3, 0.4) is 0 Å². The number of benzene rings is 2. The normalized spacial score (nSPS) is 13.3. The minimum absolute atomic E-state index is 0.124. The summed E-state index contributed by atoms with van der Waals surface area (Å²) in [6, 6.07) is 20.1. The second kappa shape index (κ2) is 8.45. The first-order chi connectivity index (χ1) is 14.1. The molecule has 29 heavy (non-hydrogen) atoms. The van der Waals surface area contributed by atoms with E-state index in [0.717, 1.165) is 12.8 Å². The highest BCUT2D eigenvalue weighted by molar-refractivity contribution is 5.93. The van der Waals surface area contributed by atoms with Crippen LogP contribution in [0.5, 0.6) is 0 Å². The molecule has 0 radical (unpaired) electrons. The van der Waals surface area contributed by atoms with Crippen molar-refractivity contribution in [1.29, 1.82) is 0 Å². The lowest BCUT2D eigenvalue weighted by Gasteiger charge is -2.24. The van der Waals surface area contributed by atoms with Crippen molar-refractivity contribution in [3.63, 3.8) is 0 Å². The first kappa shape index (κ1) is 19.2. The second-order valence-electron chi connectivity index (χ2n) is 7.25. The molecule has 0 fully saturated rings. The molecule has 1 N–H and O–H groups in total. The summed E-state index contributed by atoms with van der Waals surface area (Å²) in [4.78, 5) is 17.5. The van der Waals surface area contributed by atoms with Crippen molar-refractivity contribution in [3.05, 3.63) is 94.7 Å². The molecule has 0 saturated heterocycles. The molecule has 0 atom stereocenters. The number of aromatic carboxylic acids is 1. The number of likely N-dealkylation sites (N-methyl/N-ethyl adjacent to an activating group) is 1. The van der Waals surface area contributed by atoms with Gasteiger partial charge in [0.05, 0.1) is 6.61 Å². The predicted molar refractivity (Wildman–Crippen MR) is 113 cm³/mol. The molecule has 3 aromatic rings. The van der Waals surface area contributed by atoms with Gasteiger partial charge in [-0.25, -0.2) is 9.78 Å². The molecule has 2 aromatic carbocycles. The SMILES string of the molecule is CN(CCOC1c2ccccc2CCc2ccccc21)c1ncccc1C(=O)O. The van der Waals surface area contributed by atoms with E-state index >= 15 is 0 Å². The van der Waals surface area contributed by atoms with Gasteiger partial charge in [-0.2, -0.15) is 0 Å². The van der Waals surface area contributed by atoms with Gasteiger partial charge in [0.25, 0.3) is 0 Å². The monoisotopic (exact) mass is 388 g/mol. The zero-order valence-electron chi connectivity index (χ0n) is 16.4. The van der Waals surface area contributed by atoms with Crippen molar-refractivity contribution in [2.24, 2.45) is 0 Å². The molecule has 1 aliphatic carbocycles. The van der Waals surface area contributed by atoms with Crippen molar-refractivity contribution in [1.82, 2.24) is 4.98 Å². The number of pyridine rings is 1. The van der Waals surface area contributed by atoms with E-state index in [-0.39, 0.29) is 11.7 Å². The number of ether oxygens (including phenoxy) is 1. The lowest BCUT2D eigenvalue weighted by atomic mass is 9.97. The Morgan fingerprint density at radius 1 is 1.03 bits per heavy atom. The Balaban J connectivity index is 1.54. The third kappa shape index (κ3) is 4.00. The summed E-state index contributed by atoms with van der Waals surface area (Å²) in [5, 5.41) is 9.40.